The topological polar surface area (TPSA) is 200 Å². The summed E-state index contributed by atoms with van der Waals surface area (Å²) in [5.74, 6) is -2.37. The monoisotopic (exact) mass is 1200 g/mol. The summed E-state index contributed by atoms with van der Waals surface area (Å²) < 4.78 is 22.1. The summed E-state index contributed by atoms with van der Waals surface area (Å²) >= 11 is 0. The van der Waals surface area contributed by atoms with E-state index in [4.69, 9.17) is 18.9 Å². The number of ether oxygens (including phenoxy) is 4. The fourth-order valence-electron chi connectivity index (χ4n) is 9.99. The molecule has 13 nitrogen and oxygen atoms in total. The van der Waals surface area contributed by atoms with Crippen LogP contribution < -0.4 is 9.47 Å². The number of benzene rings is 4. The molecule has 2 atom stereocenters. The van der Waals surface area contributed by atoms with Gasteiger partial charge in [-0.15, -0.1) is 0 Å². The summed E-state index contributed by atoms with van der Waals surface area (Å²) in [6, 6.07) is 24.7. The van der Waals surface area contributed by atoms with E-state index in [2.05, 4.69) is 0 Å². The Balaban J connectivity index is 0.899. The quantitative estimate of drug-likeness (QED) is 0.0259. The first-order valence-electron chi connectivity index (χ1n) is 29.5. The van der Waals surface area contributed by atoms with Gasteiger partial charge in [-0.25, -0.2) is 0 Å². The van der Waals surface area contributed by atoms with E-state index in [-0.39, 0.29) is 60.9 Å². The number of allylic oxidation sites excluding steroid dienone is 20. The van der Waals surface area contributed by atoms with Crippen molar-refractivity contribution in [2.75, 3.05) is 0 Å². The number of carbonyl (C=O) groups is 6. The predicted octanol–water partition coefficient (Wildman–Crippen LogP) is 16.2. The molecular weight excluding hydrogens is 1120 g/mol. The van der Waals surface area contributed by atoms with Crippen LogP contribution in [0.15, 0.2) is 221 Å². The number of phenols is 3. The highest BCUT2D eigenvalue weighted by Gasteiger charge is 2.41. The SMILES string of the molecule is CC1=C(/C=C/C(C)=C/C=C/C(C)=C/C=C/C=C(C)/C=C/C=C(C)/C=C/C2=C(C)C(=O)C(OC(=O)CCC(=O)Oc3ccc(/C=C/c4cc(O)cc(O)c4)cc3)CC2(C)C)C(C)(C)CC(OC(=O)CCC(=O)Oc2ccc(/C=C/c3cccc(O)c3)cc2)C1=O. The molecule has 0 amide bonds. The summed E-state index contributed by atoms with van der Waals surface area (Å²) in [4.78, 5) is 77.9. The van der Waals surface area contributed by atoms with Crippen molar-refractivity contribution in [2.24, 2.45) is 10.8 Å². The molecule has 0 heterocycles. The van der Waals surface area contributed by atoms with E-state index in [0.29, 0.717) is 34.6 Å². The van der Waals surface area contributed by atoms with Gasteiger partial charge in [0.25, 0.3) is 0 Å². The predicted molar refractivity (Wildman–Crippen MR) is 351 cm³/mol. The van der Waals surface area contributed by atoms with Crippen LogP contribution in [0.3, 0.4) is 0 Å². The maximum Gasteiger partial charge on any atom is 0.311 e. The smallest absolute Gasteiger partial charge is 0.311 e. The van der Waals surface area contributed by atoms with Crippen molar-refractivity contribution in [3.63, 3.8) is 0 Å². The zero-order valence-electron chi connectivity index (χ0n) is 52.4. The third-order valence-corrected chi connectivity index (χ3v) is 14.8. The summed E-state index contributed by atoms with van der Waals surface area (Å²) in [5, 5.41) is 29.1. The lowest BCUT2D eigenvalue weighted by Gasteiger charge is -2.36. The highest BCUT2D eigenvalue weighted by atomic mass is 16.6. The number of hydrogen-bond donors (Lipinski definition) is 3. The number of aromatic hydroxyl groups is 3. The molecule has 2 unspecified atom stereocenters. The molecule has 4 aromatic carbocycles. The van der Waals surface area contributed by atoms with Crippen molar-refractivity contribution in [3.8, 4) is 28.7 Å². The van der Waals surface area contributed by atoms with Crippen molar-refractivity contribution in [1.82, 2.24) is 0 Å². The third kappa shape index (κ3) is 22.1. The molecule has 462 valence electrons. The van der Waals surface area contributed by atoms with Gasteiger partial charge in [-0.2, -0.15) is 0 Å². The molecule has 4 aromatic rings. The highest BCUT2D eigenvalue weighted by molar-refractivity contribution is 6.02. The largest absolute Gasteiger partial charge is 0.508 e. The molecule has 6 rings (SSSR count). The van der Waals surface area contributed by atoms with E-state index < -0.39 is 46.9 Å². The molecule has 0 bridgehead atoms. The van der Waals surface area contributed by atoms with Crippen LogP contribution in [-0.4, -0.2) is 63.0 Å². The number of rotatable bonds is 24. The van der Waals surface area contributed by atoms with Gasteiger partial charge in [0.1, 0.15) is 28.7 Å². The van der Waals surface area contributed by atoms with Crippen molar-refractivity contribution in [2.45, 2.75) is 120 Å². The van der Waals surface area contributed by atoms with E-state index in [0.717, 1.165) is 50.1 Å². The van der Waals surface area contributed by atoms with Crippen LogP contribution in [0.2, 0.25) is 0 Å². The highest BCUT2D eigenvalue weighted by Crippen LogP contribution is 2.42. The lowest BCUT2D eigenvalue weighted by Crippen LogP contribution is -2.39. The van der Waals surface area contributed by atoms with Crippen LogP contribution in [0.5, 0.6) is 28.7 Å². The maximum atomic E-state index is 13.5. The van der Waals surface area contributed by atoms with Gasteiger partial charge >= 0.3 is 23.9 Å². The molecule has 13 heteroatoms. The van der Waals surface area contributed by atoms with Crippen LogP contribution in [0.25, 0.3) is 24.3 Å². The van der Waals surface area contributed by atoms with Crippen molar-refractivity contribution < 1.29 is 63.0 Å². The average Bonchev–Trinajstić information content (AvgIpc) is 1.17. The fraction of sp³-hybridized carbons (Fsp3) is 0.263. The Morgan fingerprint density at radius 2 is 0.798 bits per heavy atom. The number of phenolic OH excluding ortho intramolecular Hbond substituents is 3. The lowest BCUT2D eigenvalue weighted by molar-refractivity contribution is -0.157. The molecule has 0 saturated carbocycles. The van der Waals surface area contributed by atoms with Crippen LogP contribution in [0.4, 0.5) is 0 Å². The molecule has 89 heavy (non-hydrogen) atoms. The van der Waals surface area contributed by atoms with E-state index in [9.17, 15) is 44.1 Å². The summed E-state index contributed by atoms with van der Waals surface area (Å²) in [7, 11) is 0. The second-order valence-electron chi connectivity index (χ2n) is 23.5. The van der Waals surface area contributed by atoms with Crippen molar-refractivity contribution in [3.05, 3.63) is 243 Å². The molecule has 2 aliphatic carbocycles. The minimum atomic E-state index is -0.971. The first kappa shape index (κ1) is 68.2. The van der Waals surface area contributed by atoms with E-state index in [1.165, 1.54) is 18.2 Å². The van der Waals surface area contributed by atoms with Gasteiger partial charge in [-0.05, 0) is 145 Å². The second-order valence-corrected chi connectivity index (χ2v) is 23.5. The Hall–Kier alpha value is -9.88. The molecule has 0 aromatic heterocycles. The Labute approximate surface area is 522 Å². The minimum absolute atomic E-state index is 0.0550. The van der Waals surface area contributed by atoms with Gasteiger partial charge in [0.2, 0.25) is 0 Å². The van der Waals surface area contributed by atoms with Crippen LogP contribution >= 0.6 is 0 Å². The molecule has 0 spiro atoms. The Bertz CT molecular complexity index is 3680. The van der Waals surface area contributed by atoms with Crippen LogP contribution in [-0.2, 0) is 38.2 Å². The lowest BCUT2D eigenvalue weighted by atomic mass is 9.71. The Morgan fingerprint density at radius 1 is 0.438 bits per heavy atom. The number of ketones is 2. The summed E-state index contributed by atoms with van der Waals surface area (Å²) in [6.45, 7) is 19.5. The van der Waals surface area contributed by atoms with Gasteiger partial charge < -0.3 is 34.3 Å². The minimum Gasteiger partial charge on any atom is -0.508 e. The fourth-order valence-corrected chi connectivity index (χ4v) is 9.99. The molecule has 3 N–H and O–H groups in total. The number of hydrogen-bond acceptors (Lipinski definition) is 13. The van der Waals surface area contributed by atoms with Crippen LogP contribution in [0, 0.1) is 10.8 Å². The van der Waals surface area contributed by atoms with Crippen LogP contribution in [0.1, 0.15) is 130 Å². The first-order valence-corrected chi connectivity index (χ1v) is 29.5. The van der Waals surface area contributed by atoms with Crippen molar-refractivity contribution >= 4 is 59.7 Å². The number of Topliss-reactive ketones (excluding diaryl/α,β-unsaturated/α-hetero) is 2. The average molecular weight is 1200 g/mol. The zero-order valence-corrected chi connectivity index (χ0v) is 52.4. The normalized spacial score (nSPS) is 17.8. The third-order valence-electron chi connectivity index (χ3n) is 14.8. The van der Waals surface area contributed by atoms with Gasteiger partial charge in [-0.1, -0.05) is 196 Å². The number of esters is 4. The second kappa shape index (κ2) is 32.2. The van der Waals surface area contributed by atoms with E-state index >= 15 is 0 Å². The first-order chi connectivity index (χ1) is 42.2. The van der Waals surface area contributed by atoms with E-state index in [1.807, 2.05) is 159 Å². The Morgan fingerprint density at radius 3 is 1.21 bits per heavy atom. The summed E-state index contributed by atoms with van der Waals surface area (Å²) in [5.41, 5.74) is 8.94. The summed E-state index contributed by atoms with van der Waals surface area (Å²) in [6.07, 6.45) is 32.7. The zero-order chi connectivity index (χ0) is 64.8. The van der Waals surface area contributed by atoms with E-state index in [1.54, 1.807) is 92.7 Å². The number of carbonyl (C=O) groups excluding carboxylic acids is 6. The van der Waals surface area contributed by atoms with Crippen molar-refractivity contribution in [1.29, 1.82) is 0 Å². The Kier molecular flexibility index (Phi) is 24.7. The van der Waals surface area contributed by atoms with Gasteiger partial charge in [0.15, 0.2) is 23.8 Å². The molecule has 0 fully saturated rings. The molecular formula is C76H80O13. The molecule has 0 radical (unpaired) electrons. The molecule has 2 aliphatic rings. The molecule has 0 saturated heterocycles. The van der Waals surface area contributed by atoms with Gasteiger partial charge in [0.05, 0.1) is 25.7 Å². The molecule has 0 aliphatic heterocycles. The maximum absolute atomic E-state index is 13.5. The van der Waals surface area contributed by atoms with Gasteiger partial charge in [-0.3, -0.25) is 28.8 Å². The van der Waals surface area contributed by atoms with Gasteiger partial charge in [0, 0.05) is 18.9 Å². The standard InChI is InChI=1S/C76H80O13/c1-50(18-13-20-52(3)24-38-65-54(5)73(84)67(48-75(65,7)8)88-71(82)42-40-69(80)86-63-34-30-56(31-35-63)26-28-58-22-15-23-60(77)44-58)16-11-12-17-51(2)19-14-21-53(4)25-39-66-55(6)74(85)68(49-76(66,9)10)89-72(83)43-41-70(81)87-64-36-32-57(33-37-64)27-29-59-45-61(78)47-62(79)46-59/h11-39,44-47,67-68,77-79H,40-43,48-49H2,1-10H3/b12-11+,18-13+,19-14+,28-26+,29-27+,38-24+,39-25+,50-16+,51-17+,52-20+,53-21+.